The SMILES string of the molecule is COc1ccc(O)c(C(=O)OCC(=O)NC(=O)c2ccccc2)c1. The molecule has 0 aliphatic carbocycles. The summed E-state index contributed by atoms with van der Waals surface area (Å²) in [6.45, 7) is -0.659. The Morgan fingerprint density at radius 1 is 1.08 bits per heavy atom. The molecule has 0 atom stereocenters. The van der Waals surface area contributed by atoms with E-state index in [1.54, 1.807) is 30.3 Å². The minimum Gasteiger partial charge on any atom is -0.507 e. The van der Waals surface area contributed by atoms with E-state index in [2.05, 4.69) is 5.32 Å². The summed E-state index contributed by atoms with van der Waals surface area (Å²) in [4.78, 5) is 35.3. The summed E-state index contributed by atoms with van der Waals surface area (Å²) in [6.07, 6.45) is 0. The van der Waals surface area contributed by atoms with Crippen LogP contribution < -0.4 is 10.1 Å². The number of carbonyl (C=O) groups excluding carboxylic acids is 3. The van der Waals surface area contributed by atoms with E-state index < -0.39 is 24.4 Å². The van der Waals surface area contributed by atoms with Crippen LogP contribution in [-0.4, -0.2) is 36.6 Å². The molecule has 7 heteroatoms. The van der Waals surface area contributed by atoms with Crippen molar-refractivity contribution in [1.82, 2.24) is 5.32 Å². The van der Waals surface area contributed by atoms with Crippen molar-refractivity contribution in [3.8, 4) is 11.5 Å². The second-order valence-corrected chi connectivity index (χ2v) is 4.70. The number of hydrogen-bond donors (Lipinski definition) is 2. The molecule has 0 spiro atoms. The molecule has 0 radical (unpaired) electrons. The van der Waals surface area contributed by atoms with E-state index in [1.807, 2.05) is 0 Å². The highest BCUT2D eigenvalue weighted by Crippen LogP contribution is 2.23. The number of methoxy groups -OCH3 is 1. The van der Waals surface area contributed by atoms with Gasteiger partial charge in [-0.25, -0.2) is 4.79 Å². The Labute approximate surface area is 137 Å². The molecule has 2 aromatic carbocycles. The highest BCUT2D eigenvalue weighted by atomic mass is 16.5. The van der Waals surface area contributed by atoms with Gasteiger partial charge in [-0.05, 0) is 30.3 Å². The molecule has 0 unspecified atom stereocenters. The highest BCUT2D eigenvalue weighted by molar-refractivity contribution is 6.05. The molecule has 24 heavy (non-hydrogen) atoms. The number of ether oxygens (including phenoxy) is 2. The molecule has 2 amide bonds. The predicted octanol–water partition coefficient (Wildman–Crippen LogP) is 1.51. The van der Waals surface area contributed by atoms with Gasteiger partial charge in [0.1, 0.15) is 17.1 Å². The van der Waals surface area contributed by atoms with Crippen molar-refractivity contribution < 1.29 is 29.0 Å². The van der Waals surface area contributed by atoms with Crippen molar-refractivity contribution in [1.29, 1.82) is 0 Å². The molecule has 0 saturated heterocycles. The van der Waals surface area contributed by atoms with Gasteiger partial charge in [0.15, 0.2) is 6.61 Å². The molecule has 0 heterocycles. The smallest absolute Gasteiger partial charge is 0.342 e. The summed E-state index contributed by atoms with van der Waals surface area (Å²) < 4.78 is 9.73. The van der Waals surface area contributed by atoms with E-state index in [0.29, 0.717) is 11.3 Å². The molecule has 0 fully saturated rings. The van der Waals surface area contributed by atoms with Gasteiger partial charge in [-0.3, -0.25) is 14.9 Å². The third-order valence-electron chi connectivity index (χ3n) is 3.05. The van der Waals surface area contributed by atoms with Gasteiger partial charge >= 0.3 is 5.97 Å². The van der Waals surface area contributed by atoms with E-state index in [-0.39, 0.29) is 11.3 Å². The van der Waals surface area contributed by atoms with Crippen molar-refractivity contribution in [2.75, 3.05) is 13.7 Å². The first-order chi connectivity index (χ1) is 11.5. The molecular weight excluding hydrogens is 314 g/mol. The van der Waals surface area contributed by atoms with Gasteiger partial charge in [0.2, 0.25) is 0 Å². The number of hydrogen-bond acceptors (Lipinski definition) is 6. The second-order valence-electron chi connectivity index (χ2n) is 4.70. The molecule has 2 rings (SSSR count). The minimum absolute atomic E-state index is 0.142. The Hall–Kier alpha value is -3.35. The average Bonchev–Trinajstić information content (AvgIpc) is 2.60. The molecule has 0 aliphatic rings. The van der Waals surface area contributed by atoms with Crippen LogP contribution in [0.5, 0.6) is 11.5 Å². The first-order valence-electron chi connectivity index (χ1n) is 6.94. The standard InChI is InChI=1S/C17H15NO6/c1-23-12-7-8-14(19)13(9-12)17(22)24-10-15(20)18-16(21)11-5-3-2-4-6-11/h2-9,19H,10H2,1H3,(H,18,20,21). The lowest BCUT2D eigenvalue weighted by molar-refractivity contribution is -0.123. The monoisotopic (exact) mass is 329 g/mol. The largest absolute Gasteiger partial charge is 0.507 e. The van der Waals surface area contributed by atoms with Crippen LogP contribution in [-0.2, 0) is 9.53 Å². The van der Waals surface area contributed by atoms with Gasteiger partial charge in [0.05, 0.1) is 7.11 Å². The molecule has 124 valence electrons. The highest BCUT2D eigenvalue weighted by Gasteiger charge is 2.17. The van der Waals surface area contributed by atoms with Crippen LogP contribution in [0.1, 0.15) is 20.7 Å². The van der Waals surface area contributed by atoms with Gasteiger partial charge in [-0.15, -0.1) is 0 Å². The molecule has 0 saturated carbocycles. The second kappa shape index (κ2) is 7.77. The van der Waals surface area contributed by atoms with Crippen molar-refractivity contribution in [3.63, 3.8) is 0 Å². The number of amides is 2. The van der Waals surface area contributed by atoms with Crippen LogP contribution in [0.15, 0.2) is 48.5 Å². The zero-order valence-corrected chi connectivity index (χ0v) is 12.8. The van der Waals surface area contributed by atoms with Crippen molar-refractivity contribution in [2.45, 2.75) is 0 Å². The predicted molar refractivity (Wildman–Crippen MR) is 83.9 cm³/mol. The summed E-state index contributed by atoms with van der Waals surface area (Å²) in [5.41, 5.74) is 0.166. The first kappa shape index (κ1) is 17.0. The van der Waals surface area contributed by atoms with Gasteiger partial charge in [-0.2, -0.15) is 0 Å². The maximum Gasteiger partial charge on any atom is 0.342 e. The third kappa shape index (κ3) is 4.33. The summed E-state index contributed by atoms with van der Waals surface area (Å²) >= 11 is 0. The topological polar surface area (TPSA) is 102 Å². The number of esters is 1. The number of nitrogens with one attached hydrogen (secondary N) is 1. The lowest BCUT2D eigenvalue weighted by Crippen LogP contribution is -2.34. The Bertz CT molecular complexity index is 757. The van der Waals surface area contributed by atoms with Crippen LogP contribution in [0.25, 0.3) is 0 Å². The normalized spacial score (nSPS) is 9.88. The van der Waals surface area contributed by atoms with Crippen molar-refractivity contribution >= 4 is 17.8 Å². The Morgan fingerprint density at radius 3 is 2.46 bits per heavy atom. The molecule has 0 aliphatic heterocycles. The van der Waals surface area contributed by atoms with E-state index in [9.17, 15) is 19.5 Å². The van der Waals surface area contributed by atoms with Crippen LogP contribution in [0.4, 0.5) is 0 Å². The number of phenolic OH excluding ortho intramolecular Hbond substituents is 1. The van der Waals surface area contributed by atoms with Crippen LogP contribution in [0, 0.1) is 0 Å². The van der Waals surface area contributed by atoms with E-state index in [1.165, 1.54) is 25.3 Å². The number of aromatic hydroxyl groups is 1. The van der Waals surface area contributed by atoms with Crippen LogP contribution in [0.2, 0.25) is 0 Å². The Kier molecular flexibility index (Phi) is 5.51. The van der Waals surface area contributed by atoms with Crippen LogP contribution >= 0.6 is 0 Å². The quantitative estimate of drug-likeness (QED) is 0.806. The lowest BCUT2D eigenvalue weighted by atomic mass is 10.2. The van der Waals surface area contributed by atoms with Gasteiger partial charge in [-0.1, -0.05) is 18.2 Å². The minimum atomic E-state index is -0.909. The van der Waals surface area contributed by atoms with Gasteiger partial charge < -0.3 is 14.6 Å². The van der Waals surface area contributed by atoms with E-state index >= 15 is 0 Å². The molecule has 0 aromatic heterocycles. The zero-order chi connectivity index (χ0) is 17.5. The Balaban J connectivity index is 1.92. The number of rotatable bonds is 5. The van der Waals surface area contributed by atoms with Crippen molar-refractivity contribution in [2.24, 2.45) is 0 Å². The fraction of sp³-hybridized carbons (Fsp3) is 0.118. The molecule has 7 nitrogen and oxygen atoms in total. The fourth-order valence-electron chi connectivity index (χ4n) is 1.84. The number of phenols is 1. The molecule has 2 N–H and O–H groups in total. The third-order valence-corrected chi connectivity index (χ3v) is 3.05. The fourth-order valence-corrected chi connectivity index (χ4v) is 1.84. The van der Waals surface area contributed by atoms with Gasteiger partial charge in [0, 0.05) is 5.56 Å². The van der Waals surface area contributed by atoms with E-state index in [4.69, 9.17) is 9.47 Å². The number of carbonyl (C=O) groups is 3. The maximum absolute atomic E-state index is 11.9. The molecule has 0 bridgehead atoms. The zero-order valence-electron chi connectivity index (χ0n) is 12.8. The average molecular weight is 329 g/mol. The van der Waals surface area contributed by atoms with Crippen molar-refractivity contribution in [3.05, 3.63) is 59.7 Å². The van der Waals surface area contributed by atoms with Crippen LogP contribution in [0.3, 0.4) is 0 Å². The number of imide groups is 1. The molecular formula is C17H15NO6. The summed E-state index contributed by atoms with van der Waals surface area (Å²) in [6, 6.07) is 12.2. The van der Waals surface area contributed by atoms with Gasteiger partial charge in [0.25, 0.3) is 11.8 Å². The van der Waals surface area contributed by atoms with E-state index in [0.717, 1.165) is 0 Å². The molecule has 2 aromatic rings. The first-order valence-corrected chi connectivity index (χ1v) is 6.94. The summed E-state index contributed by atoms with van der Waals surface area (Å²) in [7, 11) is 1.41. The lowest BCUT2D eigenvalue weighted by Gasteiger charge is -2.08. The Morgan fingerprint density at radius 2 is 1.79 bits per heavy atom. The summed E-state index contributed by atoms with van der Waals surface area (Å²) in [5, 5.41) is 11.7. The maximum atomic E-state index is 11.9. The number of benzene rings is 2. The summed E-state index contributed by atoms with van der Waals surface area (Å²) in [5.74, 6) is -2.24.